The van der Waals surface area contributed by atoms with Gasteiger partial charge in [-0.25, -0.2) is 8.42 Å². The summed E-state index contributed by atoms with van der Waals surface area (Å²) in [4.78, 5) is 28.5. The van der Waals surface area contributed by atoms with Crippen LogP contribution in [0.15, 0.2) is 71.6 Å². The Morgan fingerprint density at radius 3 is 2.16 bits per heavy atom. The molecular formula is C32H37ClF3N3O5S. The zero-order chi connectivity index (χ0) is 33.5. The highest BCUT2D eigenvalue weighted by molar-refractivity contribution is 7.92. The van der Waals surface area contributed by atoms with E-state index in [-0.39, 0.29) is 23.8 Å². The molecule has 0 aliphatic heterocycles. The molecule has 0 spiro atoms. The number of rotatable bonds is 13. The van der Waals surface area contributed by atoms with Crippen molar-refractivity contribution in [2.24, 2.45) is 5.92 Å². The SMILES string of the molecule is CCC(C(=O)NCC(C)C)N(Cc1ccc(OC)cc1)C(=O)CN(c1ccc(Cl)c(C(F)(F)F)c1)S(=O)(=O)c1ccc(C)cc1. The van der Waals surface area contributed by atoms with Crippen molar-refractivity contribution in [3.05, 3.63) is 88.4 Å². The molecule has 3 rings (SSSR count). The summed E-state index contributed by atoms with van der Waals surface area (Å²) in [6, 6.07) is 14.1. The quantitative estimate of drug-likeness (QED) is 0.226. The number of anilines is 1. The lowest BCUT2D eigenvalue weighted by Gasteiger charge is -2.33. The molecule has 244 valence electrons. The first kappa shape index (κ1) is 35.7. The number of alkyl halides is 3. The summed E-state index contributed by atoms with van der Waals surface area (Å²) in [5.74, 6) is -0.541. The maximum atomic E-state index is 14.1. The maximum absolute atomic E-state index is 14.1. The summed E-state index contributed by atoms with van der Waals surface area (Å²) in [6.07, 6.45) is -4.70. The maximum Gasteiger partial charge on any atom is 0.417 e. The molecule has 0 aromatic heterocycles. The van der Waals surface area contributed by atoms with Crippen LogP contribution in [0.4, 0.5) is 18.9 Å². The fourth-order valence-corrected chi connectivity index (χ4v) is 6.15. The van der Waals surface area contributed by atoms with Crippen LogP contribution in [0.3, 0.4) is 0 Å². The number of carbonyl (C=O) groups is 2. The van der Waals surface area contributed by atoms with Gasteiger partial charge in [-0.15, -0.1) is 0 Å². The number of hydrogen-bond acceptors (Lipinski definition) is 5. The van der Waals surface area contributed by atoms with E-state index in [0.717, 1.165) is 17.7 Å². The lowest BCUT2D eigenvalue weighted by atomic mass is 10.1. The van der Waals surface area contributed by atoms with Gasteiger partial charge in [0, 0.05) is 13.1 Å². The molecule has 0 radical (unpaired) electrons. The highest BCUT2D eigenvalue weighted by atomic mass is 35.5. The predicted octanol–water partition coefficient (Wildman–Crippen LogP) is 6.45. The van der Waals surface area contributed by atoms with Gasteiger partial charge in [0.2, 0.25) is 11.8 Å². The van der Waals surface area contributed by atoms with Gasteiger partial charge in [0.1, 0.15) is 18.3 Å². The Balaban J connectivity index is 2.13. The normalized spacial score (nSPS) is 12.5. The molecule has 0 saturated carbocycles. The van der Waals surface area contributed by atoms with Crippen molar-refractivity contribution >= 4 is 39.1 Å². The average molecular weight is 668 g/mol. The van der Waals surface area contributed by atoms with E-state index in [1.807, 2.05) is 13.8 Å². The fourth-order valence-electron chi connectivity index (χ4n) is 4.52. The van der Waals surface area contributed by atoms with Crippen molar-refractivity contribution in [3.8, 4) is 5.75 Å². The summed E-state index contributed by atoms with van der Waals surface area (Å²) >= 11 is 5.83. The third-order valence-corrected chi connectivity index (χ3v) is 9.13. The second-order valence-corrected chi connectivity index (χ2v) is 13.2. The zero-order valence-corrected chi connectivity index (χ0v) is 27.3. The zero-order valence-electron chi connectivity index (χ0n) is 25.7. The molecule has 3 aromatic carbocycles. The molecule has 3 aromatic rings. The first-order chi connectivity index (χ1) is 21.1. The molecular weight excluding hydrogens is 631 g/mol. The van der Waals surface area contributed by atoms with E-state index in [9.17, 15) is 31.2 Å². The number of aryl methyl sites for hydroxylation is 1. The molecule has 1 N–H and O–H groups in total. The van der Waals surface area contributed by atoms with Crippen molar-refractivity contribution in [1.29, 1.82) is 0 Å². The Morgan fingerprint density at radius 2 is 1.62 bits per heavy atom. The summed E-state index contributed by atoms with van der Waals surface area (Å²) in [7, 11) is -3.07. The molecule has 0 aliphatic carbocycles. The van der Waals surface area contributed by atoms with Crippen molar-refractivity contribution in [2.45, 2.75) is 57.8 Å². The molecule has 0 fully saturated rings. The molecule has 13 heteroatoms. The predicted molar refractivity (Wildman–Crippen MR) is 168 cm³/mol. The number of carbonyl (C=O) groups excluding carboxylic acids is 2. The largest absolute Gasteiger partial charge is 0.497 e. The van der Waals surface area contributed by atoms with Crippen LogP contribution in [-0.2, 0) is 32.3 Å². The molecule has 0 bridgehead atoms. The van der Waals surface area contributed by atoms with E-state index in [2.05, 4.69) is 5.32 Å². The van der Waals surface area contributed by atoms with Gasteiger partial charge in [-0.1, -0.05) is 62.2 Å². The van der Waals surface area contributed by atoms with Gasteiger partial charge in [0.05, 0.1) is 28.3 Å². The smallest absolute Gasteiger partial charge is 0.417 e. The van der Waals surface area contributed by atoms with Gasteiger partial charge in [-0.05, 0) is 67.3 Å². The van der Waals surface area contributed by atoms with Crippen LogP contribution in [-0.4, -0.2) is 51.4 Å². The van der Waals surface area contributed by atoms with Crippen LogP contribution in [0.25, 0.3) is 0 Å². The Morgan fingerprint density at radius 1 is 1.00 bits per heavy atom. The van der Waals surface area contributed by atoms with Gasteiger partial charge < -0.3 is 15.0 Å². The molecule has 1 unspecified atom stereocenters. The summed E-state index contributed by atoms with van der Waals surface area (Å²) in [6.45, 7) is 6.66. The molecule has 1 atom stereocenters. The van der Waals surface area contributed by atoms with Crippen molar-refractivity contribution in [2.75, 3.05) is 24.5 Å². The topological polar surface area (TPSA) is 96.0 Å². The van der Waals surface area contributed by atoms with Crippen molar-refractivity contribution < 1.29 is 35.9 Å². The highest BCUT2D eigenvalue weighted by Crippen LogP contribution is 2.38. The summed E-state index contributed by atoms with van der Waals surface area (Å²) in [5.41, 5.74) is -0.292. The van der Waals surface area contributed by atoms with Crippen LogP contribution in [0.5, 0.6) is 5.75 Å². The average Bonchev–Trinajstić information content (AvgIpc) is 2.98. The number of nitrogens with one attached hydrogen (secondary N) is 1. The number of methoxy groups -OCH3 is 1. The van der Waals surface area contributed by atoms with E-state index in [4.69, 9.17) is 16.3 Å². The van der Waals surface area contributed by atoms with Crippen LogP contribution >= 0.6 is 11.6 Å². The molecule has 0 heterocycles. The van der Waals surface area contributed by atoms with E-state index < -0.39 is 56.9 Å². The van der Waals surface area contributed by atoms with Crippen LogP contribution < -0.4 is 14.4 Å². The number of benzene rings is 3. The van der Waals surface area contributed by atoms with Gasteiger partial charge in [0.25, 0.3) is 10.0 Å². The lowest BCUT2D eigenvalue weighted by Crippen LogP contribution is -2.52. The van der Waals surface area contributed by atoms with Crippen molar-refractivity contribution in [1.82, 2.24) is 10.2 Å². The molecule has 0 aliphatic rings. The minimum atomic E-state index is -4.89. The van der Waals surface area contributed by atoms with Gasteiger partial charge in [-0.2, -0.15) is 13.2 Å². The van der Waals surface area contributed by atoms with Crippen LogP contribution in [0.2, 0.25) is 5.02 Å². The first-order valence-corrected chi connectivity index (χ1v) is 16.1. The molecule has 8 nitrogen and oxygen atoms in total. The van der Waals surface area contributed by atoms with Crippen molar-refractivity contribution in [3.63, 3.8) is 0 Å². The van der Waals surface area contributed by atoms with E-state index in [1.165, 1.54) is 36.3 Å². The number of nitrogens with zero attached hydrogens (tertiary/aromatic N) is 2. The Labute approximate surface area is 267 Å². The lowest BCUT2D eigenvalue weighted by molar-refractivity contribution is -0.140. The third-order valence-electron chi connectivity index (χ3n) is 7.01. The minimum absolute atomic E-state index is 0.0801. The van der Waals surface area contributed by atoms with Gasteiger partial charge >= 0.3 is 6.18 Å². The van der Waals surface area contributed by atoms with E-state index >= 15 is 0 Å². The second-order valence-electron chi connectivity index (χ2n) is 10.9. The molecule has 0 saturated heterocycles. The molecule has 45 heavy (non-hydrogen) atoms. The summed E-state index contributed by atoms with van der Waals surface area (Å²) < 4.78 is 75.3. The standard InChI is InChI=1S/C32H37ClF3N3O5S/c1-6-29(31(41)37-18-21(2)3)38(19-23-9-12-25(44-5)13-10-23)30(40)20-39(45(42,43)26-14-7-22(4)8-15-26)24-11-16-28(33)27(17-24)32(34,35)36/h7-17,21,29H,6,18-20H2,1-5H3,(H,37,41). The highest BCUT2D eigenvalue weighted by Gasteiger charge is 2.37. The number of halogens is 4. The Kier molecular flexibility index (Phi) is 11.9. The number of sulfonamides is 1. The van der Waals surface area contributed by atoms with Gasteiger partial charge in [0.15, 0.2) is 0 Å². The van der Waals surface area contributed by atoms with E-state index in [1.54, 1.807) is 38.1 Å². The first-order valence-electron chi connectivity index (χ1n) is 14.2. The van der Waals surface area contributed by atoms with Crippen LogP contribution in [0.1, 0.15) is 43.9 Å². The number of ether oxygens (including phenoxy) is 1. The van der Waals surface area contributed by atoms with Gasteiger partial charge in [-0.3, -0.25) is 13.9 Å². The minimum Gasteiger partial charge on any atom is -0.497 e. The third kappa shape index (κ3) is 9.13. The fraction of sp³-hybridized carbons (Fsp3) is 0.375. The second kappa shape index (κ2) is 15.0. The Hall–Kier alpha value is -3.77. The summed E-state index contributed by atoms with van der Waals surface area (Å²) in [5, 5.41) is 2.20. The van der Waals surface area contributed by atoms with E-state index in [0.29, 0.717) is 28.2 Å². The number of hydrogen-bond donors (Lipinski definition) is 1. The molecule has 2 amide bonds. The Bertz CT molecular complexity index is 1580. The van der Waals surface area contributed by atoms with Crippen LogP contribution in [0, 0.1) is 12.8 Å². The monoisotopic (exact) mass is 667 g/mol. The number of amides is 2.